The fourth-order valence-corrected chi connectivity index (χ4v) is 3.81. The van der Waals surface area contributed by atoms with Gasteiger partial charge in [-0.15, -0.1) is 0 Å². The zero-order valence-corrected chi connectivity index (χ0v) is 19.4. The number of hydrazone groups is 1. The number of carbonyl (C=O) groups is 1. The second-order valence-electron chi connectivity index (χ2n) is 6.93. The van der Waals surface area contributed by atoms with Crippen molar-refractivity contribution in [2.45, 2.75) is 11.8 Å². The van der Waals surface area contributed by atoms with E-state index in [2.05, 4.69) is 10.5 Å². The predicted octanol–water partition coefficient (Wildman–Crippen LogP) is 3.43. The number of nitrogens with zero attached hydrogens (tertiary/aromatic N) is 3. The second-order valence-corrected chi connectivity index (χ2v) is 8.48. The summed E-state index contributed by atoms with van der Waals surface area (Å²) >= 11 is 0. The zero-order valence-electron chi connectivity index (χ0n) is 18.6. The van der Waals surface area contributed by atoms with Crippen molar-refractivity contribution in [2.75, 3.05) is 6.61 Å². The molecular formula is C22H18N4O9S. The van der Waals surface area contributed by atoms with E-state index in [1.54, 1.807) is 6.92 Å². The number of nitro groups is 2. The smallest absolute Gasteiger partial charge is 0.339 e. The summed E-state index contributed by atoms with van der Waals surface area (Å²) in [4.78, 5) is 32.1. The van der Waals surface area contributed by atoms with E-state index in [-0.39, 0.29) is 29.4 Å². The Bertz CT molecular complexity index is 1440. The molecule has 0 heterocycles. The Labute approximate surface area is 204 Å². The molecule has 0 unspecified atom stereocenters. The zero-order chi connectivity index (χ0) is 26.3. The number of nitrogens with one attached hydrogen (secondary N) is 1. The molecule has 1 N–H and O–H groups in total. The van der Waals surface area contributed by atoms with E-state index >= 15 is 0 Å². The van der Waals surface area contributed by atoms with Crippen molar-refractivity contribution < 1.29 is 32.0 Å². The first-order valence-corrected chi connectivity index (χ1v) is 11.5. The first-order valence-electron chi connectivity index (χ1n) is 10.1. The molecule has 1 amide bonds. The summed E-state index contributed by atoms with van der Waals surface area (Å²) < 4.78 is 35.9. The minimum atomic E-state index is -4.41. The lowest BCUT2D eigenvalue weighted by molar-refractivity contribution is -0.385. The maximum Gasteiger partial charge on any atom is 0.339 e. The molecule has 0 fully saturated rings. The Morgan fingerprint density at radius 1 is 0.972 bits per heavy atom. The molecule has 3 aromatic rings. The van der Waals surface area contributed by atoms with Gasteiger partial charge >= 0.3 is 10.1 Å². The van der Waals surface area contributed by atoms with Crippen LogP contribution in [0.25, 0.3) is 0 Å². The predicted molar refractivity (Wildman–Crippen MR) is 127 cm³/mol. The highest BCUT2D eigenvalue weighted by Crippen LogP contribution is 2.31. The van der Waals surface area contributed by atoms with Crippen molar-refractivity contribution in [3.8, 4) is 11.5 Å². The number of hydrogen-bond donors (Lipinski definition) is 1. The third kappa shape index (κ3) is 6.38. The van der Waals surface area contributed by atoms with Crippen LogP contribution < -0.4 is 14.3 Å². The second kappa shape index (κ2) is 11.1. The van der Waals surface area contributed by atoms with Gasteiger partial charge in [-0.3, -0.25) is 25.0 Å². The first kappa shape index (κ1) is 25.8. The Morgan fingerprint density at radius 3 is 2.31 bits per heavy atom. The van der Waals surface area contributed by atoms with Crippen LogP contribution in [0.5, 0.6) is 11.5 Å². The summed E-state index contributed by atoms with van der Waals surface area (Å²) in [7, 11) is -4.41. The Hall–Kier alpha value is -4.85. The Balaban J connectivity index is 1.75. The molecule has 36 heavy (non-hydrogen) atoms. The fraction of sp³-hybridized carbons (Fsp3) is 0.0909. The van der Waals surface area contributed by atoms with E-state index in [9.17, 15) is 33.4 Å². The van der Waals surface area contributed by atoms with Gasteiger partial charge in [-0.1, -0.05) is 6.07 Å². The van der Waals surface area contributed by atoms with Gasteiger partial charge in [0.1, 0.15) is 4.90 Å². The number of benzene rings is 3. The average molecular weight is 514 g/mol. The van der Waals surface area contributed by atoms with Crippen LogP contribution in [0.2, 0.25) is 0 Å². The maximum atomic E-state index is 12.6. The standard InChI is InChI=1S/C22H18N4O9S/c1-2-34-21-12-15(14-23-24-22(27)16-7-9-17(10-8-16)25(28)29)6-11-20(21)35-36(32,33)19-5-3-4-18(13-19)26(30)31/h3-14H,2H2,1H3,(H,24,27)/b23-14-. The summed E-state index contributed by atoms with van der Waals surface area (Å²) in [6.07, 6.45) is 1.27. The van der Waals surface area contributed by atoms with E-state index in [1.807, 2.05) is 0 Å². The summed E-state index contributed by atoms with van der Waals surface area (Å²) in [5.74, 6) is -0.707. The van der Waals surface area contributed by atoms with Gasteiger partial charge in [0.15, 0.2) is 11.5 Å². The van der Waals surface area contributed by atoms with Crippen LogP contribution >= 0.6 is 0 Å². The van der Waals surface area contributed by atoms with Crippen molar-refractivity contribution >= 4 is 33.6 Å². The fourth-order valence-electron chi connectivity index (χ4n) is 2.83. The number of nitro benzene ring substituents is 2. The van der Waals surface area contributed by atoms with Gasteiger partial charge in [-0.05, 0) is 48.9 Å². The van der Waals surface area contributed by atoms with E-state index in [0.717, 1.165) is 18.2 Å². The molecule has 0 spiro atoms. The number of non-ortho nitro benzene ring substituents is 2. The molecule has 0 atom stereocenters. The number of rotatable bonds is 10. The molecule has 3 rings (SSSR count). The van der Waals surface area contributed by atoms with Crippen molar-refractivity contribution in [1.82, 2.24) is 5.43 Å². The number of ether oxygens (including phenoxy) is 1. The molecule has 0 bridgehead atoms. The lowest BCUT2D eigenvalue weighted by Gasteiger charge is -2.12. The summed E-state index contributed by atoms with van der Waals surface area (Å²) in [6.45, 7) is 1.84. The van der Waals surface area contributed by atoms with Gasteiger partial charge < -0.3 is 8.92 Å². The molecule has 3 aromatic carbocycles. The van der Waals surface area contributed by atoms with Gasteiger partial charge in [0.2, 0.25) is 0 Å². The molecule has 0 aromatic heterocycles. The highest BCUT2D eigenvalue weighted by molar-refractivity contribution is 7.87. The number of carbonyl (C=O) groups excluding carboxylic acids is 1. The Morgan fingerprint density at radius 2 is 1.67 bits per heavy atom. The van der Waals surface area contributed by atoms with Crippen molar-refractivity contribution in [3.63, 3.8) is 0 Å². The quantitative estimate of drug-likeness (QED) is 0.183. The molecule has 0 aliphatic heterocycles. The highest BCUT2D eigenvalue weighted by Gasteiger charge is 2.22. The van der Waals surface area contributed by atoms with Crippen LogP contribution in [0, 0.1) is 20.2 Å². The summed E-state index contributed by atoms with van der Waals surface area (Å²) in [5, 5.41) is 25.5. The SMILES string of the molecule is CCOc1cc(/C=N\NC(=O)c2ccc([N+](=O)[O-])cc2)ccc1OS(=O)(=O)c1cccc([N+](=O)[O-])c1. The number of amides is 1. The number of hydrogen-bond acceptors (Lipinski definition) is 10. The third-order valence-corrected chi connectivity index (χ3v) is 5.73. The van der Waals surface area contributed by atoms with Crippen molar-refractivity contribution in [2.24, 2.45) is 5.10 Å². The monoisotopic (exact) mass is 514 g/mol. The van der Waals surface area contributed by atoms with E-state index < -0.39 is 36.5 Å². The molecule has 0 saturated carbocycles. The van der Waals surface area contributed by atoms with Crippen LogP contribution in [-0.2, 0) is 10.1 Å². The Kier molecular flexibility index (Phi) is 7.91. The lowest BCUT2D eigenvalue weighted by Crippen LogP contribution is -2.17. The largest absolute Gasteiger partial charge is 0.490 e. The average Bonchev–Trinajstić information content (AvgIpc) is 2.85. The first-order chi connectivity index (χ1) is 17.1. The molecule has 14 heteroatoms. The van der Waals surface area contributed by atoms with Crippen molar-refractivity contribution in [1.29, 1.82) is 0 Å². The summed E-state index contributed by atoms with van der Waals surface area (Å²) in [5.41, 5.74) is 2.28. The molecule has 0 saturated heterocycles. The van der Waals surface area contributed by atoms with Gasteiger partial charge in [0.25, 0.3) is 17.3 Å². The van der Waals surface area contributed by atoms with Crippen LogP contribution in [0.1, 0.15) is 22.8 Å². The minimum Gasteiger partial charge on any atom is -0.490 e. The highest BCUT2D eigenvalue weighted by atomic mass is 32.2. The van der Waals surface area contributed by atoms with E-state index in [4.69, 9.17) is 8.92 Å². The molecular weight excluding hydrogens is 496 g/mol. The van der Waals surface area contributed by atoms with Crippen LogP contribution in [0.15, 0.2) is 76.7 Å². The van der Waals surface area contributed by atoms with Crippen molar-refractivity contribution in [3.05, 3.63) is 98.1 Å². The van der Waals surface area contributed by atoms with E-state index in [0.29, 0.717) is 5.56 Å². The maximum absolute atomic E-state index is 12.6. The van der Waals surface area contributed by atoms with Gasteiger partial charge in [-0.25, -0.2) is 5.43 Å². The molecule has 186 valence electrons. The normalized spacial score (nSPS) is 11.1. The van der Waals surface area contributed by atoms with Crippen LogP contribution in [0.4, 0.5) is 11.4 Å². The molecule has 0 aliphatic rings. The van der Waals surface area contributed by atoms with Crippen LogP contribution in [0.3, 0.4) is 0 Å². The third-order valence-electron chi connectivity index (χ3n) is 4.50. The van der Waals surface area contributed by atoms with E-state index in [1.165, 1.54) is 54.7 Å². The molecule has 13 nitrogen and oxygen atoms in total. The topological polar surface area (TPSA) is 180 Å². The van der Waals surface area contributed by atoms with Gasteiger partial charge in [0.05, 0.1) is 22.7 Å². The molecule has 0 radical (unpaired) electrons. The van der Waals surface area contributed by atoms with Gasteiger partial charge in [0, 0.05) is 29.8 Å². The lowest BCUT2D eigenvalue weighted by atomic mass is 10.2. The molecule has 0 aliphatic carbocycles. The minimum absolute atomic E-state index is 0.0529. The van der Waals surface area contributed by atoms with Gasteiger partial charge in [-0.2, -0.15) is 13.5 Å². The summed E-state index contributed by atoms with van der Waals surface area (Å²) in [6, 6.07) is 13.5. The van der Waals surface area contributed by atoms with Crippen LogP contribution in [-0.4, -0.2) is 37.0 Å².